The number of amides is 2. The zero-order valence-electron chi connectivity index (χ0n) is 15.8. The Labute approximate surface area is 155 Å². The van der Waals surface area contributed by atoms with Crippen molar-refractivity contribution in [1.29, 1.82) is 0 Å². The molecule has 0 saturated carbocycles. The number of carbonyl (C=O) groups excluding carboxylic acids is 2. The number of hydrogen-bond acceptors (Lipinski definition) is 5. The number of aromatic nitrogens is 1. The number of nitrogens with zero attached hydrogens (tertiary/aromatic N) is 2. The van der Waals surface area contributed by atoms with Gasteiger partial charge in [-0.1, -0.05) is 26.7 Å². The van der Waals surface area contributed by atoms with Gasteiger partial charge in [-0.2, -0.15) is 0 Å². The molecule has 0 radical (unpaired) electrons. The molecular formula is C19H31N5O2. The molecule has 1 atom stereocenters. The van der Waals surface area contributed by atoms with Gasteiger partial charge in [0.2, 0.25) is 11.8 Å². The molecule has 1 aromatic rings. The van der Waals surface area contributed by atoms with Crippen molar-refractivity contribution < 1.29 is 9.59 Å². The van der Waals surface area contributed by atoms with Gasteiger partial charge in [0.15, 0.2) is 0 Å². The Hall–Kier alpha value is -2.15. The van der Waals surface area contributed by atoms with Crippen LogP contribution in [0.1, 0.15) is 45.1 Å². The van der Waals surface area contributed by atoms with Gasteiger partial charge in [0.05, 0.1) is 12.6 Å². The molecule has 2 amide bonds. The van der Waals surface area contributed by atoms with Crippen molar-refractivity contribution >= 4 is 17.6 Å². The first-order valence-electron chi connectivity index (χ1n) is 9.47. The molecule has 1 saturated heterocycles. The van der Waals surface area contributed by atoms with Crippen LogP contribution < -0.4 is 21.3 Å². The predicted molar refractivity (Wildman–Crippen MR) is 103 cm³/mol. The fraction of sp³-hybridized carbons (Fsp3) is 0.632. The highest BCUT2D eigenvalue weighted by molar-refractivity contribution is 5.87. The fourth-order valence-corrected chi connectivity index (χ4v) is 2.89. The number of rotatable bonds is 7. The van der Waals surface area contributed by atoms with E-state index in [9.17, 15) is 9.59 Å². The predicted octanol–water partition coefficient (Wildman–Crippen LogP) is 1.18. The quantitative estimate of drug-likeness (QED) is 0.677. The van der Waals surface area contributed by atoms with E-state index >= 15 is 0 Å². The summed E-state index contributed by atoms with van der Waals surface area (Å²) in [4.78, 5) is 30.5. The van der Waals surface area contributed by atoms with Crippen molar-refractivity contribution in [3.05, 3.63) is 23.9 Å². The van der Waals surface area contributed by atoms with Crippen LogP contribution >= 0.6 is 0 Å². The van der Waals surface area contributed by atoms with Crippen molar-refractivity contribution in [3.63, 3.8) is 0 Å². The van der Waals surface area contributed by atoms with Gasteiger partial charge in [-0.05, 0) is 36.5 Å². The highest BCUT2D eigenvalue weighted by atomic mass is 16.2. The molecule has 7 nitrogen and oxygen atoms in total. The molecule has 0 aliphatic carbocycles. The summed E-state index contributed by atoms with van der Waals surface area (Å²) < 4.78 is 0. The first-order valence-corrected chi connectivity index (χ1v) is 9.47. The summed E-state index contributed by atoms with van der Waals surface area (Å²) in [6.07, 6.45) is 6.73. The number of nitrogens with one attached hydrogen (secondary N) is 2. The molecule has 26 heavy (non-hydrogen) atoms. The molecule has 0 spiro atoms. The first kappa shape index (κ1) is 20.2. The highest BCUT2D eigenvalue weighted by Crippen LogP contribution is 2.18. The second-order valence-corrected chi connectivity index (χ2v) is 7.19. The van der Waals surface area contributed by atoms with Crippen LogP contribution in [-0.2, 0) is 16.1 Å². The fourth-order valence-electron chi connectivity index (χ4n) is 2.89. The van der Waals surface area contributed by atoms with Gasteiger partial charge in [0.25, 0.3) is 0 Å². The largest absolute Gasteiger partial charge is 0.357 e. The maximum Gasteiger partial charge on any atom is 0.239 e. The molecule has 1 aliphatic heterocycles. The number of carbonyl (C=O) groups is 2. The van der Waals surface area contributed by atoms with Crippen LogP contribution in [0.15, 0.2) is 18.3 Å². The maximum atomic E-state index is 12.0. The van der Waals surface area contributed by atoms with Gasteiger partial charge >= 0.3 is 0 Å². The van der Waals surface area contributed by atoms with E-state index in [2.05, 4.69) is 20.5 Å². The van der Waals surface area contributed by atoms with E-state index in [1.54, 1.807) is 6.20 Å². The number of anilines is 1. The van der Waals surface area contributed by atoms with E-state index in [4.69, 9.17) is 5.73 Å². The Morgan fingerprint density at radius 2 is 1.88 bits per heavy atom. The van der Waals surface area contributed by atoms with Crippen LogP contribution in [0.2, 0.25) is 0 Å². The van der Waals surface area contributed by atoms with Gasteiger partial charge in [0.1, 0.15) is 5.82 Å². The average Bonchev–Trinajstić information content (AvgIpc) is 2.93. The Bertz CT molecular complexity index is 597. The second-order valence-electron chi connectivity index (χ2n) is 7.19. The molecule has 0 aromatic carbocycles. The Morgan fingerprint density at radius 3 is 2.54 bits per heavy atom. The summed E-state index contributed by atoms with van der Waals surface area (Å²) in [7, 11) is 0. The molecule has 0 bridgehead atoms. The zero-order valence-corrected chi connectivity index (χ0v) is 15.8. The van der Waals surface area contributed by atoms with Crippen LogP contribution in [-0.4, -0.2) is 42.5 Å². The van der Waals surface area contributed by atoms with Gasteiger partial charge in [-0.25, -0.2) is 4.98 Å². The third kappa shape index (κ3) is 6.29. The molecule has 4 N–H and O–H groups in total. The third-order valence-corrected chi connectivity index (χ3v) is 4.67. The smallest absolute Gasteiger partial charge is 0.239 e. The lowest BCUT2D eigenvalue weighted by atomic mass is 10.1. The molecule has 1 fully saturated rings. The summed E-state index contributed by atoms with van der Waals surface area (Å²) in [6.45, 7) is 6.15. The number of nitrogens with two attached hydrogens (primary N) is 1. The first-order chi connectivity index (χ1) is 12.5. The molecule has 144 valence electrons. The minimum atomic E-state index is -0.598. The summed E-state index contributed by atoms with van der Waals surface area (Å²) in [5.41, 5.74) is 6.75. The normalized spacial score (nSPS) is 16.1. The van der Waals surface area contributed by atoms with Crippen molar-refractivity contribution in [2.45, 2.75) is 52.1 Å². The van der Waals surface area contributed by atoms with Crippen LogP contribution in [0, 0.1) is 5.92 Å². The van der Waals surface area contributed by atoms with E-state index < -0.39 is 6.04 Å². The lowest BCUT2D eigenvalue weighted by Gasteiger charge is -2.21. The Kier molecular flexibility index (Phi) is 7.84. The van der Waals surface area contributed by atoms with Crippen LogP contribution in [0.25, 0.3) is 0 Å². The van der Waals surface area contributed by atoms with Crippen molar-refractivity contribution in [2.75, 3.05) is 24.5 Å². The summed E-state index contributed by atoms with van der Waals surface area (Å²) >= 11 is 0. The standard InChI is InChI=1S/C19H31N5O2/c1-14(2)18(20)19(26)23-13-17(25)22-12-15-7-8-21-16(11-15)24-9-5-3-4-6-10-24/h7-8,11,14,18H,3-6,9-10,12-13,20H2,1-2H3,(H,22,25)(H,23,26)/t18-/m0/s1. The van der Waals surface area contributed by atoms with Gasteiger partial charge in [-0.3, -0.25) is 9.59 Å². The van der Waals surface area contributed by atoms with Crippen LogP contribution in [0.4, 0.5) is 5.82 Å². The molecule has 2 rings (SSSR count). The molecule has 2 heterocycles. The van der Waals surface area contributed by atoms with E-state index in [0.717, 1.165) is 24.5 Å². The van der Waals surface area contributed by atoms with E-state index in [1.807, 2.05) is 26.0 Å². The number of pyridine rings is 1. The lowest BCUT2D eigenvalue weighted by molar-refractivity contribution is -0.127. The van der Waals surface area contributed by atoms with Crippen molar-refractivity contribution in [3.8, 4) is 0 Å². The van der Waals surface area contributed by atoms with Gasteiger partial charge in [-0.15, -0.1) is 0 Å². The topological polar surface area (TPSA) is 100 Å². The molecule has 1 aromatic heterocycles. The van der Waals surface area contributed by atoms with E-state index in [1.165, 1.54) is 25.7 Å². The summed E-state index contributed by atoms with van der Waals surface area (Å²) in [6, 6.07) is 3.33. The van der Waals surface area contributed by atoms with E-state index in [-0.39, 0.29) is 24.3 Å². The van der Waals surface area contributed by atoms with Crippen LogP contribution in [0.5, 0.6) is 0 Å². The summed E-state index contributed by atoms with van der Waals surface area (Å²) in [5.74, 6) is 0.465. The van der Waals surface area contributed by atoms with Gasteiger partial charge < -0.3 is 21.3 Å². The molecule has 0 unspecified atom stereocenters. The van der Waals surface area contributed by atoms with E-state index in [0.29, 0.717) is 6.54 Å². The average molecular weight is 361 g/mol. The molecule has 1 aliphatic rings. The second kappa shape index (κ2) is 10.1. The minimum Gasteiger partial charge on any atom is -0.357 e. The number of hydrogen-bond donors (Lipinski definition) is 3. The lowest BCUT2D eigenvalue weighted by Crippen LogP contribution is -2.47. The highest BCUT2D eigenvalue weighted by Gasteiger charge is 2.17. The molecule has 7 heteroatoms. The van der Waals surface area contributed by atoms with Crippen molar-refractivity contribution in [2.24, 2.45) is 11.7 Å². The third-order valence-electron chi connectivity index (χ3n) is 4.67. The maximum absolute atomic E-state index is 12.0. The van der Waals surface area contributed by atoms with Crippen molar-refractivity contribution in [1.82, 2.24) is 15.6 Å². The Balaban J connectivity index is 1.80. The minimum absolute atomic E-state index is 0.0345. The monoisotopic (exact) mass is 361 g/mol. The SMILES string of the molecule is CC(C)[C@H](N)C(=O)NCC(=O)NCc1ccnc(N2CCCCCC2)c1. The Morgan fingerprint density at radius 1 is 1.19 bits per heavy atom. The zero-order chi connectivity index (χ0) is 18.9. The van der Waals surface area contributed by atoms with Crippen LogP contribution in [0.3, 0.4) is 0 Å². The summed E-state index contributed by atoms with van der Waals surface area (Å²) in [5, 5.41) is 5.40. The van der Waals surface area contributed by atoms with Gasteiger partial charge in [0, 0.05) is 25.8 Å². The molecular weight excluding hydrogens is 330 g/mol.